The summed E-state index contributed by atoms with van der Waals surface area (Å²) in [4.78, 5) is 25.0. The number of hydrogen-bond donors (Lipinski definition) is 1. The van der Waals surface area contributed by atoms with Crippen molar-refractivity contribution in [2.45, 2.75) is 0 Å². The van der Waals surface area contributed by atoms with Gasteiger partial charge in [0.2, 0.25) is 0 Å². The zero-order valence-corrected chi connectivity index (χ0v) is 15.3. The molecule has 7 nitrogen and oxygen atoms in total. The number of ether oxygens (including phenoxy) is 1. The number of fused-ring (bicyclic) bond motifs is 1. The zero-order chi connectivity index (χ0) is 19.7. The van der Waals surface area contributed by atoms with Crippen LogP contribution in [-0.2, 0) is 7.05 Å². The molecular formula is C21H17N3O4. The van der Waals surface area contributed by atoms with Gasteiger partial charge in [-0.3, -0.25) is 9.48 Å². The van der Waals surface area contributed by atoms with Crippen LogP contribution in [0.5, 0.6) is 5.75 Å². The van der Waals surface area contributed by atoms with Gasteiger partial charge in [0.25, 0.3) is 5.91 Å². The summed E-state index contributed by atoms with van der Waals surface area (Å²) in [5, 5.41) is 7.51. The van der Waals surface area contributed by atoms with E-state index >= 15 is 0 Å². The van der Waals surface area contributed by atoms with Crippen LogP contribution >= 0.6 is 0 Å². The zero-order valence-electron chi connectivity index (χ0n) is 15.3. The van der Waals surface area contributed by atoms with Gasteiger partial charge in [0, 0.05) is 29.9 Å². The molecule has 0 unspecified atom stereocenters. The number of benzene rings is 2. The third kappa shape index (κ3) is 3.25. The predicted octanol–water partition coefficient (Wildman–Crippen LogP) is 3.45. The molecule has 4 aromatic rings. The van der Waals surface area contributed by atoms with E-state index in [0.29, 0.717) is 22.4 Å². The van der Waals surface area contributed by atoms with Crippen molar-refractivity contribution >= 4 is 22.6 Å². The topological polar surface area (TPSA) is 86.4 Å². The maximum Gasteiger partial charge on any atom is 0.349 e. The number of hydrogen-bond acceptors (Lipinski definition) is 5. The highest BCUT2D eigenvalue weighted by Gasteiger charge is 2.16. The van der Waals surface area contributed by atoms with Gasteiger partial charge in [0.15, 0.2) is 11.3 Å². The van der Waals surface area contributed by atoms with Crippen LogP contribution in [0.2, 0.25) is 0 Å². The Morgan fingerprint density at radius 1 is 1.14 bits per heavy atom. The van der Waals surface area contributed by atoms with Crippen molar-refractivity contribution in [2.24, 2.45) is 7.05 Å². The fraction of sp³-hybridized carbons (Fsp3) is 0.0952. The van der Waals surface area contributed by atoms with Crippen LogP contribution in [-0.4, -0.2) is 22.8 Å². The Balaban J connectivity index is 1.66. The molecule has 0 radical (unpaired) electrons. The molecule has 0 saturated carbocycles. The molecule has 2 aromatic carbocycles. The van der Waals surface area contributed by atoms with E-state index in [1.807, 2.05) is 31.4 Å². The molecule has 7 heteroatoms. The highest BCUT2D eigenvalue weighted by Crippen LogP contribution is 2.25. The molecule has 1 N–H and O–H groups in total. The van der Waals surface area contributed by atoms with E-state index in [-0.39, 0.29) is 5.56 Å². The third-order valence-corrected chi connectivity index (χ3v) is 4.35. The van der Waals surface area contributed by atoms with Crippen LogP contribution in [0.1, 0.15) is 10.4 Å². The molecule has 4 rings (SSSR count). The van der Waals surface area contributed by atoms with Crippen molar-refractivity contribution in [3.05, 3.63) is 76.9 Å². The lowest BCUT2D eigenvalue weighted by atomic mass is 10.1. The molecule has 2 heterocycles. The minimum atomic E-state index is -0.724. The van der Waals surface area contributed by atoms with E-state index in [1.54, 1.807) is 35.1 Å². The molecule has 0 saturated heterocycles. The maximum atomic E-state index is 12.7. The quantitative estimate of drug-likeness (QED) is 0.552. The van der Waals surface area contributed by atoms with Crippen LogP contribution in [0.15, 0.2) is 70.1 Å². The molecule has 0 bridgehead atoms. The summed E-state index contributed by atoms with van der Waals surface area (Å²) < 4.78 is 12.2. The minimum Gasteiger partial charge on any atom is -0.493 e. The van der Waals surface area contributed by atoms with E-state index in [1.165, 1.54) is 13.2 Å². The molecule has 0 spiro atoms. The second-order valence-corrected chi connectivity index (χ2v) is 6.26. The Labute approximate surface area is 160 Å². The van der Waals surface area contributed by atoms with Crippen LogP contribution in [0.25, 0.3) is 22.1 Å². The first-order chi connectivity index (χ1) is 13.5. The molecule has 1 amide bonds. The Bertz CT molecular complexity index is 1240. The van der Waals surface area contributed by atoms with Crippen molar-refractivity contribution in [1.29, 1.82) is 0 Å². The number of carbonyl (C=O) groups excluding carboxylic acids is 1. The second kappa shape index (κ2) is 7.03. The Hall–Kier alpha value is -3.87. The largest absolute Gasteiger partial charge is 0.493 e. The number of rotatable bonds is 4. The SMILES string of the molecule is COc1cccc2cc(C(=O)Nc3cccc(-c4cnn(C)c4)c3)c(=O)oc12. The van der Waals surface area contributed by atoms with Crippen LogP contribution in [0.4, 0.5) is 5.69 Å². The standard InChI is InChI=1S/C21H17N3O4/c1-24-12-15(11-22-24)13-5-3-7-16(9-13)23-20(25)17-10-14-6-4-8-18(27-2)19(14)28-21(17)26/h3-12H,1-2H3,(H,23,25). The van der Waals surface area contributed by atoms with E-state index in [2.05, 4.69) is 10.4 Å². The minimum absolute atomic E-state index is 0.0764. The lowest BCUT2D eigenvalue weighted by Crippen LogP contribution is -2.20. The van der Waals surface area contributed by atoms with Crippen LogP contribution in [0.3, 0.4) is 0 Å². The third-order valence-electron chi connectivity index (χ3n) is 4.35. The number of aryl methyl sites for hydroxylation is 1. The molecular weight excluding hydrogens is 358 g/mol. The summed E-state index contributed by atoms with van der Waals surface area (Å²) >= 11 is 0. The van der Waals surface area contributed by atoms with Gasteiger partial charge < -0.3 is 14.5 Å². The first kappa shape index (κ1) is 17.5. The summed E-state index contributed by atoms with van der Waals surface area (Å²) in [5.74, 6) is -0.104. The first-order valence-electron chi connectivity index (χ1n) is 8.56. The number of methoxy groups -OCH3 is 1. The second-order valence-electron chi connectivity index (χ2n) is 6.26. The predicted molar refractivity (Wildman–Crippen MR) is 106 cm³/mol. The van der Waals surface area contributed by atoms with Crippen molar-refractivity contribution in [3.8, 4) is 16.9 Å². The maximum absolute atomic E-state index is 12.7. The summed E-state index contributed by atoms with van der Waals surface area (Å²) in [5.41, 5.74) is 1.91. The first-order valence-corrected chi connectivity index (χ1v) is 8.56. The van der Waals surface area contributed by atoms with Crippen molar-refractivity contribution < 1.29 is 13.9 Å². The number of nitrogens with zero attached hydrogens (tertiary/aromatic N) is 2. The summed E-state index contributed by atoms with van der Waals surface area (Å²) in [6.07, 6.45) is 3.62. The fourth-order valence-corrected chi connectivity index (χ4v) is 2.98. The summed E-state index contributed by atoms with van der Waals surface area (Å²) in [6, 6.07) is 14.0. The number of para-hydroxylation sites is 1. The van der Waals surface area contributed by atoms with Crippen molar-refractivity contribution in [2.75, 3.05) is 12.4 Å². The average molecular weight is 375 g/mol. The number of anilines is 1. The van der Waals surface area contributed by atoms with Crippen molar-refractivity contribution in [3.63, 3.8) is 0 Å². The normalized spacial score (nSPS) is 10.8. The monoisotopic (exact) mass is 375 g/mol. The lowest BCUT2D eigenvalue weighted by molar-refractivity contribution is 0.102. The smallest absolute Gasteiger partial charge is 0.349 e. The molecule has 0 aliphatic carbocycles. The lowest BCUT2D eigenvalue weighted by Gasteiger charge is -2.08. The van der Waals surface area contributed by atoms with Gasteiger partial charge in [-0.1, -0.05) is 24.3 Å². The Kier molecular flexibility index (Phi) is 4.41. The Morgan fingerprint density at radius 2 is 1.96 bits per heavy atom. The van der Waals surface area contributed by atoms with Gasteiger partial charge in [-0.15, -0.1) is 0 Å². The van der Waals surface area contributed by atoms with Gasteiger partial charge in [0.05, 0.1) is 13.3 Å². The molecule has 140 valence electrons. The molecule has 0 aliphatic rings. The van der Waals surface area contributed by atoms with Gasteiger partial charge in [-0.2, -0.15) is 5.10 Å². The van der Waals surface area contributed by atoms with E-state index in [4.69, 9.17) is 9.15 Å². The Morgan fingerprint density at radius 3 is 2.71 bits per heavy atom. The molecule has 0 aliphatic heterocycles. The highest BCUT2D eigenvalue weighted by molar-refractivity contribution is 6.05. The number of amides is 1. The van der Waals surface area contributed by atoms with E-state index in [9.17, 15) is 9.59 Å². The molecule has 2 aromatic heterocycles. The molecule has 0 fully saturated rings. The van der Waals surface area contributed by atoms with Gasteiger partial charge in [0.1, 0.15) is 5.56 Å². The summed E-state index contributed by atoms with van der Waals surface area (Å²) in [7, 11) is 3.33. The van der Waals surface area contributed by atoms with Crippen LogP contribution < -0.4 is 15.7 Å². The van der Waals surface area contributed by atoms with Gasteiger partial charge in [-0.25, -0.2) is 4.79 Å². The van der Waals surface area contributed by atoms with Crippen molar-refractivity contribution in [1.82, 2.24) is 9.78 Å². The highest BCUT2D eigenvalue weighted by atomic mass is 16.5. The number of aromatic nitrogens is 2. The number of carbonyl (C=O) groups is 1. The fourth-order valence-electron chi connectivity index (χ4n) is 2.98. The average Bonchev–Trinajstić information content (AvgIpc) is 3.13. The van der Waals surface area contributed by atoms with Crippen LogP contribution in [0, 0.1) is 0 Å². The molecule has 28 heavy (non-hydrogen) atoms. The summed E-state index contributed by atoms with van der Waals surface area (Å²) in [6.45, 7) is 0. The van der Waals surface area contributed by atoms with Gasteiger partial charge >= 0.3 is 5.63 Å². The van der Waals surface area contributed by atoms with E-state index < -0.39 is 11.5 Å². The van der Waals surface area contributed by atoms with Gasteiger partial charge in [-0.05, 0) is 29.8 Å². The number of nitrogens with one attached hydrogen (secondary N) is 1. The molecule has 0 atom stereocenters. The van der Waals surface area contributed by atoms with E-state index in [0.717, 1.165) is 11.1 Å².